The number of amides is 2. The van der Waals surface area contributed by atoms with Crippen LogP contribution in [0.25, 0.3) is 0 Å². The van der Waals surface area contributed by atoms with Crippen LogP contribution < -0.4 is 5.32 Å². The number of piperidine rings is 2. The minimum absolute atomic E-state index is 0.0172. The molecule has 1 spiro atoms. The molecule has 2 amide bonds. The summed E-state index contributed by atoms with van der Waals surface area (Å²) in [5, 5.41) is 2.89. The van der Waals surface area contributed by atoms with Gasteiger partial charge >= 0.3 is 6.18 Å². The predicted molar refractivity (Wildman–Crippen MR) is 115 cm³/mol. The first-order valence-electron chi connectivity index (χ1n) is 11.1. The first kappa shape index (κ1) is 23.3. The highest BCUT2D eigenvalue weighted by atomic mass is 19.4. The van der Waals surface area contributed by atoms with Crippen molar-refractivity contribution >= 4 is 11.8 Å². The van der Waals surface area contributed by atoms with E-state index in [0.717, 1.165) is 11.6 Å². The molecule has 0 radical (unpaired) electrons. The van der Waals surface area contributed by atoms with Crippen molar-refractivity contribution in [3.8, 4) is 0 Å². The summed E-state index contributed by atoms with van der Waals surface area (Å²) in [6, 6.07) is 11.4. The van der Waals surface area contributed by atoms with Gasteiger partial charge in [0.2, 0.25) is 11.8 Å². The Hall–Kier alpha value is -2.90. The molecule has 176 valence electrons. The molecule has 2 aromatic rings. The van der Waals surface area contributed by atoms with Gasteiger partial charge < -0.3 is 10.2 Å². The molecule has 4 nitrogen and oxygen atoms in total. The molecule has 0 bridgehead atoms. The fourth-order valence-electron chi connectivity index (χ4n) is 5.34. The van der Waals surface area contributed by atoms with Crippen molar-refractivity contribution in [3.63, 3.8) is 0 Å². The van der Waals surface area contributed by atoms with Gasteiger partial charge in [0, 0.05) is 32.0 Å². The van der Waals surface area contributed by atoms with Gasteiger partial charge in [-0.1, -0.05) is 30.3 Å². The summed E-state index contributed by atoms with van der Waals surface area (Å²) in [5.74, 6) is -1.68. The van der Waals surface area contributed by atoms with E-state index in [-0.39, 0.29) is 34.5 Å². The Morgan fingerprint density at radius 1 is 1.09 bits per heavy atom. The first-order valence-corrected chi connectivity index (χ1v) is 11.1. The molecule has 2 aliphatic heterocycles. The lowest BCUT2D eigenvalue weighted by Gasteiger charge is -2.49. The van der Waals surface area contributed by atoms with Gasteiger partial charge in [-0.3, -0.25) is 9.59 Å². The van der Waals surface area contributed by atoms with E-state index in [2.05, 4.69) is 5.32 Å². The average Bonchev–Trinajstić information content (AvgIpc) is 2.79. The second kappa shape index (κ2) is 8.80. The lowest BCUT2D eigenvalue weighted by Crippen LogP contribution is -2.53. The lowest BCUT2D eigenvalue weighted by atomic mass is 9.62. The summed E-state index contributed by atoms with van der Waals surface area (Å²) in [4.78, 5) is 27.0. The minimum atomic E-state index is -4.53. The topological polar surface area (TPSA) is 49.4 Å². The number of rotatable bonds is 3. The fraction of sp³-hybridized carbons (Fsp3) is 0.440. The third-order valence-corrected chi connectivity index (χ3v) is 7.20. The summed E-state index contributed by atoms with van der Waals surface area (Å²) in [6.07, 6.45) is -3.11. The smallest absolute Gasteiger partial charge is 0.355 e. The molecular formula is C25H26F4N2O2. The Balaban J connectivity index is 1.52. The van der Waals surface area contributed by atoms with Crippen molar-refractivity contribution in [3.05, 3.63) is 71.0 Å². The number of nitrogens with zero attached hydrogens (tertiary/aromatic N) is 1. The van der Waals surface area contributed by atoms with Gasteiger partial charge in [0.25, 0.3) is 0 Å². The summed E-state index contributed by atoms with van der Waals surface area (Å²) in [5.41, 5.74) is -0.260. The average molecular weight is 462 g/mol. The van der Waals surface area contributed by atoms with Crippen LogP contribution in [0.4, 0.5) is 17.6 Å². The van der Waals surface area contributed by atoms with Gasteiger partial charge in [-0.05, 0) is 54.5 Å². The normalized spacial score (nSPS) is 21.5. The van der Waals surface area contributed by atoms with Crippen LogP contribution in [0.15, 0.2) is 48.5 Å². The van der Waals surface area contributed by atoms with Crippen LogP contribution in [0.1, 0.15) is 54.7 Å². The van der Waals surface area contributed by atoms with Gasteiger partial charge in [-0.25, -0.2) is 4.39 Å². The number of hydrogen-bond donors (Lipinski definition) is 1. The molecule has 2 aliphatic rings. The highest BCUT2D eigenvalue weighted by Crippen LogP contribution is 2.49. The number of alkyl halides is 3. The molecule has 2 saturated heterocycles. The molecule has 2 heterocycles. The quantitative estimate of drug-likeness (QED) is 0.663. The van der Waals surface area contributed by atoms with E-state index in [1.54, 1.807) is 17.0 Å². The standard InChI is InChI=1S/C25H26F4N2O2/c1-16(19-4-2-3-5-20(19)25(27,28)29)23(33)31-12-10-24(11-13-31)14-22(32)30-15-21(24)17-6-8-18(26)9-7-17/h2-9,16,21H,10-15H2,1H3,(H,30,32)/t16-,21+/m1/s1. The maximum atomic E-state index is 13.4. The molecule has 1 N–H and O–H groups in total. The highest BCUT2D eigenvalue weighted by molar-refractivity contribution is 5.84. The monoisotopic (exact) mass is 462 g/mol. The van der Waals surface area contributed by atoms with Gasteiger partial charge in [0.1, 0.15) is 5.82 Å². The summed E-state index contributed by atoms with van der Waals surface area (Å²) >= 11 is 0. The van der Waals surface area contributed by atoms with Crippen molar-refractivity contribution < 1.29 is 27.2 Å². The van der Waals surface area contributed by atoms with Gasteiger partial charge in [0.15, 0.2) is 0 Å². The Kier molecular flexibility index (Phi) is 6.20. The number of nitrogens with one attached hydrogen (secondary N) is 1. The molecule has 0 unspecified atom stereocenters. The van der Waals surface area contributed by atoms with Crippen LogP contribution in [0.5, 0.6) is 0 Å². The van der Waals surface area contributed by atoms with Crippen LogP contribution in [0, 0.1) is 11.2 Å². The zero-order chi connectivity index (χ0) is 23.8. The Bertz CT molecular complexity index is 1030. The van der Waals surface area contributed by atoms with E-state index in [1.165, 1.54) is 37.3 Å². The van der Waals surface area contributed by atoms with Gasteiger partial charge in [-0.2, -0.15) is 13.2 Å². The lowest BCUT2D eigenvalue weighted by molar-refractivity contribution is -0.140. The van der Waals surface area contributed by atoms with Crippen LogP contribution in [0.2, 0.25) is 0 Å². The van der Waals surface area contributed by atoms with Crippen molar-refractivity contribution in [2.75, 3.05) is 19.6 Å². The molecule has 2 aromatic carbocycles. The fourth-order valence-corrected chi connectivity index (χ4v) is 5.34. The second-order valence-corrected chi connectivity index (χ2v) is 9.08. The SMILES string of the molecule is C[C@@H](C(=O)N1CCC2(CC1)CC(=O)NC[C@H]2c1ccc(F)cc1)c1ccccc1C(F)(F)F. The molecule has 2 atom stereocenters. The van der Waals surface area contributed by atoms with Crippen LogP contribution in [0.3, 0.4) is 0 Å². The van der Waals surface area contributed by atoms with Gasteiger partial charge in [-0.15, -0.1) is 0 Å². The molecule has 8 heteroatoms. The van der Waals surface area contributed by atoms with Crippen molar-refractivity contribution in [2.24, 2.45) is 5.41 Å². The van der Waals surface area contributed by atoms with Gasteiger partial charge in [0.05, 0.1) is 11.5 Å². The maximum absolute atomic E-state index is 13.4. The summed E-state index contributed by atoms with van der Waals surface area (Å²) < 4.78 is 53.7. The van der Waals surface area contributed by atoms with Crippen molar-refractivity contribution in [2.45, 2.75) is 44.2 Å². The van der Waals surface area contributed by atoms with Crippen molar-refractivity contribution in [1.82, 2.24) is 10.2 Å². The number of hydrogen-bond acceptors (Lipinski definition) is 2. The molecule has 4 rings (SSSR count). The Morgan fingerprint density at radius 3 is 2.36 bits per heavy atom. The number of carbonyl (C=O) groups is 2. The number of benzene rings is 2. The predicted octanol–water partition coefficient (Wildman–Crippen LogP) is 4.86. The minimum Gasteiger partial charge on any atom is -0.355 e. The third kappa shape index (κ3) is 4.61. The molecule has 0 aromatic heterocycles. The third-order valence-electron chi connectivity index (χ3n) is 7.20. The van der Waals surface area contributed by atoms with E-state index in [1.807, 2.05) is 0 Å². The zero-order valence-corrected chi connectivity index (χ0v) is 18.3. The highest BCUT2D eigenvalue weighted by Gasteiger charge is 2.47. The molecule has 0 aliphatic carbocycles. The van der Waals surface area contributed by atoms with Crippen LogP contribution in [-0.4, -0.2) is 36.3 Å². The van der Waals surface area contributed by atoms with Crippen molar-refractivity contribution in [1.29, 1.82) is 0 Å². The zero-order valence-electron chi connectivity index (χ0n) is 18.3. The first-order chi connectivity index (χ1) is 15.6. The van der Waals surface area contributed by atoms with E-state index in [4.69, 9.17) is 0 Å². The largest absolute Gasteiger partial charge is 0.416 e. The van der Waals surface area contributed by atoms with E-state index < -0.39 is 17.7 Å². The van der Waals surface area contributed by atoms with E-state index in [9.17, 15) is 27.2 Å². The molecule has 0 saturated carbocycles. The molecular weight excluding hydrogens is 436 g/mol. The van der Waals surface area contributed by atoms with E-state index >= 15 is 0 Å². The number of likely N-dealkylation sites (tertiary alicyclic amines) is 1. The molecule has 33 heavy (non-hydrogen) atoms. The second-order valence-electron chi connectivity index (χ2n) is 9.08. The summed E-state index contributed by atoms with van der Waals surface area (Å²) in [6.45, 7) is 2.67. The Labute approximate surface area is 190 Å². The molecule has 2 fully saturated rings. The van der Waals surface area contributed by atoms with E-state index in [0.29, 0.717) is 38.9 Å². The maximum Gasteiger partial charge on any atom is 0.416 e. The number of carbonyl (C=O) groups excluding carboxylic acids is 2. The van der Waals surface area contributed by atoms with Crippen LogP contribution >= 0.6 is 0 Å². The number of halogens is 4. The van der Waals surface area contributed by atoms with Crippen LogP contribution in [-0.2, 0) is 15.8 Å². The summed E-state index contributed by atoms with van der Waals surface area (Å²) in [7, 11) is 0. The Morgan fingerprint density at radius 2 is 1.73 bits per heavy atom.